The quantitative estimate of drug-likeness (QED) is 0.753. The van der Waals surface area contributed by atoms with Crippen molar-refractivity contribution in [1.82, 2.24) is 14.7 Å². The van der Waals surface area contributed by atoms with Crippen molar-refractivity contribution < 1.29 is 19.4 Å². The standard InChI is InChI=1S/C13H25N3O4/c1-14(2)6-5-7-15(3)13(19)16-9-10(20-4)8-11(16)12(17)18/h10-11H,5-9H2,1-4H3,(H,17,18). The summed E-state index contributed by atoms with van der Waals surface area (Å²) in [6.07, 6.45) is 1.01. The number of likely N-dealkylation sites (tertiary alicyclic amines) is 1. The van der Waals surface area contributed by atoms with E-state index >= 15 is 0 Å². The first kappa shape index (κ1) is 16.7. The van der Waals surface area contributed by atoms with Crippen molar-refractivity contribution in [3.05, 3.63) is 0 Å². The Bertz CT molecular complexity index is 349. The summed E-state index contributed by atoms with van der Waals surface area (Å²) in [5, 5.41) is 9.20. The first-order chi connectivity index (χ1) is 9.36. The van der Waals surface area contributed by atoms with Crippen LogP contribution in [0.15, 0.2) is 0 Å². The average molecular weight is 287 g/mol. The normalized spacial score (nSPS) is 22.4. The van der Waals surface area contributed by atoms with Crippen LogP contribution in [0.3, 0.4) is 0 Å². The van der Waals surface area contributed by atoms with Gasteiger partial charge in [0.05, 0.1) is 6.10 Å². The molecule has 2 atom stereocenters. The number of aliphatic carboxylic acids is 1. The number of hydrogen-bond acceptors (Lipinski definition) is 4. The number of carbonyl (C=O) groups is 2. The van der Waals surface area contributed by atoms with Crippen LogP contribution in [0.1, 0.15) is 12.8 Å². The first-order valence-corrected chi connectivity index (χ1v) is 6.78. The molecule has 2 unspecified atom stereocenters. The van der Waals surface area contributed by atoms with Gasteiger partial charge in [-0.3, -0.25) is 0 Å². The van der Waals surface area contributed by atoms with Gasteiger partial charge in [0, 0.05) is 33.7 Å². The zero-order valence-electron chi connectivity index (χ0n) is 12.7. The molecule has 7 heteroatoms. The first-order valence-electron chi connectivity index (χ1n) is 6.78. The Labute approximate surface area is 120 Å². The van der Waals surface area contributed by atoms with E-state index in [2.05, 4.69) is 4.90 Å². The highest BCUT2D eigenvalue weighted by atomic mass is 16.5. The Balaban J connectivity index is 2.57. The number of rotatable bonds is 6. The van der Waals surface area contributed by atoms with Crippen LogP contribution in [0.2, 0.25) is 0 Å². The summed E-state index contributed by atoms with van der Waals surface area (Å²) in [5.74, 6) is -0.973. The number of hydrogen-bond donors (Lipinski definition) is 1. The van der Waals surface area contributed by atoms with Crippen LogP contribution in [0, 0.1) is 0 Å². The maximum atomic E-state index is 12.3. The van der Waals surface area contributed by atoms with Crippen molar-refractivity contribution in [2.75, 3.05) is 47.9 Å². The van der Waals surface area contributed by atoms with Crippen LogP contribution in [0.4, 0.5) is 4.79 Å². The molecule has 1 aliphatic rings. The monoisotopic (exact) mass is 287 g/mol. The molecule has 1 N–H and O–H groups in total. The van der Waals surface area contributed by atoms with E-state index in [4.69, 9.17) is 4.74 Å². The summed E-state index contributed by atoms with van der Waals surface area (Å²) in [4.78, 5) is 28.6. The number of carboxylic acids is 1. The lowest BCUT2D eigenvalue weighted by Gasteiger charge is -2.27. The van der Waals surface area contributed by atoms with E-state index in [0.717, 1.165) is 13.0 Å². The predicted octanol–water partition coefficient (Wildman–Crippen LogP) is 0.164. The van der Waals surface area contributed by atoms with Crippen molar-refractivity contribution in [3.8, 4) is 0 Å². The molecule has 2 amide bonds. The second-order valence-electron chi connectivity index (χ2n) is 5.46. The molecule has 0 aliphatic carbocycles. The Morgan fingerprint density at radius 2 is 1.95 bits per heavy atom. The van der Waals surface area contributed by atoms with Crippen molar-refractivity contribution in [2.24, 2.45) is 0 Å². The second-order valence-corrected chi connectivity index (χ2v) is 5.46. The largest absolute Gasteiger partial charge is 0.480 e. The fourth-order valence-corrected chi connectivity index (χ4v) is 2.35. The van der Waals surface area contributed by atoms with Gasteiger partial charge in [0.1, 0.15) is 6.04 Å². The van der Waals surface area contributed by atoms with Gasteiger partial charge in [-0.1, -0.05) is 0 Å². The number of methoxy groups -OCH3 is 1. The zero-order valence-corrected chi connectivity index (χ0v) is 12.7. The van der Waals surface area contributed by atoms with Gasteiger partial charge in [-0.25, -0.2) is 9.59 Å². The maximum Gasteiger partial charge on any atom is 0.326 e. The molecular formula is C13H25N3O4. The van der Waals surface area contributed by atoms with Gasteiger partial charge in [-0.2, -0.15) is 0 Å². The van der Waals surface area contributed by atoms with Crippen LogP contribution < -0.4 is 0 Å². The third kappa shape index (κ3) is 4.35. The fourth-order valence-electron chi connectivity index (χ4n) is 2.35. The van der Waals surface area contributed by atoms with Crippen LogP contribution in [0.5, 0.6) is 0 Å². The minimum Gasteiger partial charge on any atom is -0.480 e. The van der Waals surface area contributed by atoms with Crippen molar-refractivity contribution in [2.45, 2.75) is 25.0 Å². The van der Waals surface area contributed by atoms with Gasteiger partial charge in [0.15, 0.2) is 0 Å². The maximum absolute atomic E-state index is 12.3. The Morgan fingerprint density at radius 3 is 2.45 bits per heavy atom. The van der Waals surface area contributed by atoms with Gasteiger partial charge in [0.25, 0.3) is 0 Å². The molecule has 1 saturated heterocycles. The molecule has 0 aromatic heterocycles. The molecule has 1 aliphatic heterocycles. The van der Waals surface area contributed by atoms with Crippen LogP contribution in [-0.2, 0) is 9.53 Å². The van der Waals surface area contributed by atoms with Gasteiger partial charge in [-0.15, -0.1) is 0 Å². The minimum atomic E-state index is -0.973. The fraction of sp³-hybridized carbons (Fsp3) is 0.846. The number of carboxylic acid groups (broad SMARTS) is 1. The summed E-state index contributed by atoms with van der Waals surface area (Å²) in [7, 11) is 7.20. The van der Waals surface area contributed by atoms with Crippen molar-refractivity contribution in [1.29, 1.82) is 0 Å². The van der Waals surface area contributed by atoms with E-state index in [-0.39, 0.29) is 12.1 Å². The Kier molecular flexibility index (Phi) is 6.22. The van der Waals surface area contributed by atoms with E-state index in [1.54, 1.807) is 19.1 Å². The highest BCUT2D eigenvalue weighted by Gasteiger charge is 2.40. The van der Waals surface area contributed by atoms with E-state index < -0.39 is 12.0 Å². The van der Waals surface area contributed by atoms with Crippen LogP contribution in [-0.4, -0.2) is 91.8 Å². The molecule has 116 valence electrons. The molecule has 0 spiro atoms. The summed E-state index contributed by atoms with van der Waals surface area (Å²) in [6, 6.07) is -1.03. The number of amides is 2. The van der Waals surface area contributed by atoms with E-state index in [9.17, 15) is 14.7 Å². The molecule has 1 rings (SSSR count). The van der Waals surface area contributed by atoms with Gasteiger partial charge in [0.2, 0.25) is 0 Å². The third-order valence-electron chi connectivity index (χ3n) is 3.55. The molecule has 0 bridgehead atoms. The zero-order chi connectivity index (χ0) is 15.3. The van der Waals surface area contributed by atoms with Crippen molar-refractivity contribution >= 4 is 12.0 Å². The third-order valence-corrected chi connectivity index (χ3v) is 3.55. The summed E-state index contributed by atoms with van der Waals surface area (Å²) in [5.41, 5.74) is 0. The number of urea groups is 1. The SMILES string of the molecule is COC1CC(C(=O)O)N(C(=O)N(C)CCCN(C)C)C1. The molecule has 0 aromatic rings. The summed E-state index contributed by atoms with van der Waals surface area (Å²) in [6.45, 7) is 1.84. The molecule has 7 nitrogen and oxygen atoms in total. The van der Waals surface area contributed by atoms with Crippen molar-refractivity contribution in [3.63, 3.8) is 0 Å². The lowest BCUT2D eigenvalue weighted by atomic mass is 10.2. The minimum absolute atomic E-state index is 0.199. The molecule has 0 radical (unpaired) electrons. The summed E-state index contributed by atoms with van der Waals surface area (Å²) < 4.78 is 5.18. The van der Waals surface area contributed by atoms with Gasteiger partial charge >= 0.3 is 12.0 Å². The highest BCUT2D eigenvalue weighted by Crippen LogP contribution is 2.21. The Hall–Kier alpha value is -1.34. The molecule has 0 aromatic carbocycles. The lowest BCUT2D eigenvalue weighted by Crippen LogP contribution is -2.47. The smallest absolute Gasteiger partial charge is 0.326 e. The predicted molar refractivity (Wildman–Crippen MR) is 74.7 cm³/mol. The molecule has 0 saturated carbocycles. The number of carbonyl (C=O) groups excluding carboxylic acids is 1. The highest BCUT2D eigenvalue weighted by molar-refractivity contribution is 5.83. The van der Waals surface area contributed by atoms with Crippen LogP contribution in [0.25, 0.3) is 0 Å². The number of nitrogens with zero attached hydrogens (tertiary/aromatic N) is 3. The van der Waals surface area contributed by atoms with Gasteiger partial charge in [-0.05, 0) is 27.1 Å². The van der Waals surface area contributed by atoms with Gasteiger partial charge < -0.3 is 24.5 Å². The second kappa shape index (κ2) is 7.44. The van der Waals surface area contributed by atoms with Crippen LogP contribution >= 0.6 is 0 Å². The summed E-state index contributed by atoms with van der Waals surface area (Å²) >= 11 is 0. The van der Waals surface area contributed by atoms with E-state index in [1.807, 2.05) is 14.1 Å². The lowest BCUT2D eigenvalue weighted by molar-refractivity contribution is -0.141. The topological polar surface area (TPSA) is 73.3 Å². The van der Waals surface area contributed by atoms with E-state index in [1.165, 1.54) is 4.90 Å². The molecule has 1 fully saturated rings. The van der Waals surface area contributed by atoms with E-state index in [0.29, 0.717) is 19.5 Å². The molecule has 1 heterocycles. The Morgan fingerprint density at radius 1 is 1.30 bits per heavy atom. The number of ether oxygens (including phenoxy) is 1. The molecule has 20 heavy (non-hydrogen) atoms. The molecular weight excluding hydrogens is 262 g/mol. The average Bonchev–Trinajstić information content (AvgIpc) is 2.81.